The van der Waals surface area contributed by atoms with Crippen molar-refractivity contribution in [1.82, 2.24) is 4.98 Å². The summed E-state index contributed by atoms with van der Waals surface area (Å²) in [7, 11) is 4.05. The standard InChI is InChI=1S/C17H20BrN3/c1-21(2)17-16(4-3-9-19-17)20-15-10-13(11-15)12-5-7-14(18)8-6-12/h3-9,13,15,20H,10-11H2,1-2H3. The molecule has 0 bridgehead atoms. The summed E-state index contributed by atoms with van der Waals surface area (Å²) in [5.74, 6) is 1.68. The van der Waals surface area contributed by atoms with Crippen molar-refractivity contribution in [3.63, 3.8) is 0 Å². The Balaban J connectivity index is 1.61. The van der Waals surface area contributed by atoms with Crippen molar-refractivity contribution in [2.24, 2.45) is 0 Å². The van der Waals surface area contributed by atoms with Crippen LogP contribution in [-0.2, 0) is 0 Å². The van der Waals surface area contributed by atoms with Crippen molar-refractivity contribution in [1.29, 1.82) is 0 Å². The van der Waals surface area contributed by atoms with E-state index in [9.17, 15) is 0 Å². The second kappa shape index (κ2) is 6.06. The van der Waals surface area contributed by atoms with Crippen LogP contribution in [0.1, 0.15) is 24.3 Å². The first kappa shape index (κ1) is 14.4. The zero-order valence-electron chi connectivity index (χ0n) is 12.4. The molecule has 0 amide bonds. The molecule has 3 nitrogen and oxygen atoms in total. The maximum atomic E-state index is 4.43. The lowest BCUT2D eigenvalue weighted by atomic mass is 9.76. The second-order valence-corrected chi connectivity index (χ2v) is 6.75. The van der Waals surface area contributed by atoms with Crippen molar-refractivity contribution in [2.75, 3.05) is 24.3 Å². The summed E-state index contributed by atoms with van der Waals surface area (Å²) in [6.45, 7) is 0. The lowest BCUT2D eigenvalue weighted by Crippen LogP contribution is -2.34. The first-order chi connectivity index (χ1) is 10.1. The molecule has 2 aromatic rings. The Kier molecular flexibility index (Phi) is 4.15. The maximum Gasteiger partial charge on any atom is 0.151 e. The van der Waals surface area contributed by atoms with Gasteiger partial charge in [0.25, 0.3) is 0 Å². The number of aromatic nitrogens is 1. The van der Waals surface area contributed by atoms with Gasteiger partial charge in [0.1, 0.15) is 0 Å². The summed E-state index contributed by atoms with van der Waals surface area (Å²) in [6.07, 6.45) is 4.21. The van der Waals surface area contributed by atoms with Gasteiger partial charge < -0.3 is 10.2 Å². The molecule has 0 spiro atoms. The average molecular weight is 346 g/mol. The minimum atomic E-state index is 0.543. The number of pyridine rings is 1. The van der Waals surface area contributed by atoms with Crippen LogP contribution in [-0.4, -0.2) is 25.1 Å². The molecule has 1 aliphatic rings. The summed E-state index contributed by atoms with van der Waals surface area (Å²) in [5.41, 5.74) is 2.57. The molecule has 21 heavy (non-hydrogen) atoms. The highest BCUT2D eigenvalue weighted by Gasteiger charge is 2.30. The molecule has 1 fully saturated rings. The predicted octanol–water partition coefficient (Wildman–Crippen LogP) is 4.27. The molecule has 1 aromatic heterocycles. The molecule has 110 valence electrons. The topological polar surface area (TPSA) is 28.2 Å². The molecule has 1 aliphatic carbocycles. The molecule has 3 rings (SSSR count). The Bertz CT molecular complexity index is 604. The number of nitrogens with zero attached hydrogens (tertiary/aromatic N) is 2. The van der Waals surface area contributed by atoms with Gasteiger partial charge in [-0.15, -0.1) is 0 Å². The predicted molar refractivity (Wildman–Crippen MR) is 92.1 cm³/mol. The van der Waals surface area contributed by atoms with Crippen LogP contribution in [0.15, 0.2) is 47.1 Å². The zero-order chi connectivity index (χ0) is 14.8. The largest absolute Gasteiger partial charge is 0.379 e. The van der Waals surface area contributed by atoms with Gasteiger partial charge in [-0.3, -0.25) is 0 Å². The Labute approximate surface area is 134 Å². The summed E-state index contributed by atoms with van der Waals surface area (Å²) >= 11 is 3.49. The van der Waals surface area contributed by atoms with Crippen LogP contribution in [0.3, 0.4) is 0 Å². The molecule has 1 aromatic carbocycles. The third-order valence-corrected chi connectivity index (χ3v) is 4.58. The minimum absolute atomic E-state index is 0.543. The number of anilines is 2. The average Bonchev–Trinajstić information content (AvgIpc) is 2.44. The monoisotopic (exact) mass is 345 g/mol. The summed E-state index contributed by atoms with van der Waals surface area (Å²) < 4.78 is 1.14. The van der Waals surface area contributed by atoms with Gasteiger partial charge >= 0.3 is 0 Å². The molecular formula is C17H20BrN3. The Morgan fingerprint density at radius 2 is 1.86 bits per heavy atom. The Morgan fingerprint density at radius 1 is 1.14 bits per heavy atom. The van der Waals surface area contributed by atoms with E-state index in [1.807, 2.05) is 31.3 Å². The summed E-state index contributed by atoms with van der Waals surface area (Å²) in [6, 6.07) is 13.3. The van der Waals surface area contributed by atoms with Gasteiger partial charge in [0.05, 0.1) is 5.69 Å². The molecule has 0 aliphatic heterocycles. The van der Waals surface area contributed by atoms with Crippen molar-refractivity contribution in [3.05, 3.63) is 52.6 Å². The number of halogens is 1. The number of rotatable bonds is 4. The highest BCUT2D eigenvalue weighted by Crippen LogP contribution is 2.39. The van der Waals surface area contributed by atoms with E-state index < -0.39 is 0 Å². The van der Waals surface area contributed by atoms with E-state index in [1.54, 1.807) is 0 Å². The van der Waals surface area contributed by atoms with Gasteiger partial charge in [-0.2, -0.15) is 0 Å². The molecule has 0 radical (unpaired) electrons. The van der Waals surface area contributed by atoms with E-state index in [1.165, 1.54) is 18.4 Å². The fraction of sp³-hybridized carbons (Fsp3) is 0.353. The molecule has 1 saturated carbocycles. The van der Waals surface area contributed by atoms with E-state index in [0.29, 0.717) is 12.0 Å². The first-order valence-electron chi connectivity index (χ1n) is 7.28. The molecule has 0 saturated heterocycles. The number of hydrogen-bond acceptors (Lipinski definition) is 3. The van der Waals surface area contributed by atoms with E-state index in [2.05, 4.69) is 56.6 Å². The molecule has 1 heterocycles. The number of hydrogen-bond donors (Lipinski definition) is 1. The van der Waals surface area contributed by atoms with Crippen molar-refractivity contribution < 1.29 is 0 Å². The lowest BCUT2D eigenvalue weighted by Gasteiger charge is -2.37. The molecular weight excluding hydrogens is 326 g/mol. The van der Waals surface area contributed by atoms with Crippen LogP contribution in [0.4, 0.5) is 11.5 Å². The van der Waals surface area contributed by atoms with E-state index in [4.69, 9.17) is 0 Å². The fourth-order valence-electron chi connectivity index (χ4n) is 2.83. The highest BCUT2D eigenvalue weighted by molar-refractivity contribution is 9.10. The van der Waals surface area contributed by atoms with Gasteiger partial charge in [-0.05, 0) is 48.6 Å². The van der Waals surface area contributed by atoms with Crippen LogP contribution < -0.4 is 10.2 Å². The van der Waals surface area contributed by atoms with Gasteiger partial charge in [0.15, 0.2) is 5.82 Å². The highest BCUT2D eigenvalue weighted by atomic mass is 79.9. The third-order valence-electron chi connectivity index (χ3n) is 4.05. The van der Waals surface area contributed by atoms with Gasteiger partial charge in [0, 0.05) is 30.8 Å². The molecule has 1 N–H and O–H groups in total. The van der Waals surface area contributed by atoms with Crippen molar-refractivity contribution in [2.45, 2.75) is 24.8 Å². The zero-order valence-corrected chi connectivity index (χ0v) is 14.0. The minimum Gasteiger partial charge on any atom is -0.379 e. The van der Waals surface area contributed by atoms with Gasteiger partial charge in [0.2, 0.25) is 0 Å². The van der Waals surface area contributed by atoms with Gasteiger partial charge in [-0.25, -0.2) is 4.98 Å². The smallest absolute Gasteiger partial charge is 0.151 e. The first-order valence-corrected chi connectivity index (χ1v) is 8.07. The van der Waals surface area contributed by atoms with E-state index in [-0.39, 0.29) is 0 Å². The molecule has 0 unspecified atom stereocenters. The quantitative estimate of drug-likeness (QED) is 0.896. The van der Waals surface area contributed by atoms with Crippen LogP contribution >= 0.6 is 15.9 Å². The van der Waals surface area contributed by atoms with Crippen molar-refractivity contribution in [3.8, 4) is 0 Å². The van der Waals surface area contributed by atoms with E-state index >= 15 is 0 Å². The van der Waals surface area contributed by atoms with Gasteiger partial charge in [-0.1, -0.05) is 28.1 Å². The van der Waals surface area contributed by atoms with Crippen LogP contribution in [0, 0.1) is 0 Å². The Hall–Kier alpha value is -1.55. The van der Waals surface area contributed by atoms with Crippen LogP contribution in [0.2, 0.25) is 0 Å². The molecule has 4 heteroatoms. The SMILES string of the molecule is CN(C)c1ncccc1NC1CC(c2ccc(Br)cc2)C1. The second-order valence-electron chi connectivity index (χ2n) is 5.83. The van der Waals surface area contributed by atoms with E-state index in [0.717, 1.165) is 16.0 Å². The normalized spacial score (nSPS) is 20.7. The van der Waals surface area contributed by atoms with Crippen molar-refractivity contribution >= 4 is 27.4 Å². The van der Waals surface area contributed by atoms with Crippen LogP contribution in [0.5, 0.6) is 0 Å². The maximum absolute atomic E-state index is 4.43. The van der Waals surface area contributed by atoms with Crippen LogP contribution in [0.25, 0.3) is 0 Å². The number of benzene rings is 1. The third kappa shape index (κ3) is 3.21. The summed E-state index contributed by atoms with van der Waals surface area (Å²) in [5, 5.41) is 3.63. The fourth-order valence-corrected chi connectivity index (χ4v) is 3.09. The lowest BCUT2D eigenvalue weighted by molar-refractivity contribution is 0.374. The molecule has 0 atom stereocenters. The number of nitrogens with one attached hydrogen (secondary N) is 1. The Morgan fingerprint density at radius 3 is 2.52 bits per heavy atom. The summed E-state index contributed by atoms with van der Waals surface area (Å²) in [4.78, 5) is 6.48.